The van der Waals surface area contributed by atoms with Crippen LogP contribution in [0.25, 0.3) is 0 Å². The van der Waals surface area contributed by atoms with Crippen molar-refractivity contribution in [3.8, 4) is 0 Å². The van der Waals surface area contributed by atoms with Gasteiger partial charge < -0.3 is 21.3 Å². The first-order valence-electron chi connectivity index (χ1n) is 5.90. The molecule has 1 unspecified atom stereocenters. The number of rotatable bonds is 6. The molecule has 0 aliphatic carbocycles. The van der Waals surface area contributed by atoms with Crippen LogP contribution in [0.1, 0.15) is 40.5 Å². The molecule has 0 fully saturated rings. The first kappa shape index (κ1) is 16.4. The van der Waals surface area contributed by atoms with Crippen LogP contribution in [-0.2, 0) is 4.79 Å². The minimum atomic E-state index is -0.974. The third-order valence-electron chi connectivity index (χ3n) is 2.46. The highest BCUT2D eigenvalue weighted by atomic mass is 16.3. The van der Waals surface area contributed by atoms with Gasteiger partial charge in [0.2, 0.25) is 5.91 Å². The number of carbonyl (C=O) groups excluding carboxylic acids is 1. The maximum Gasteiger partial charge on any atom is 0.222 e. The number of aliphatic hydroxyl groups is 2. The van der Waals surface area contributed by atoms with Crippen LogP contribution in [-0.4, -0.2) is 40.9 Å². The molecule has 0 saturated heterocycles. The van der Waals surface area contributed by atoms with Crippen molar-refractivity contribution < 1.29 is 15.0 Å². The summed E-state index contributed by atoms with van der Waals surface area (Å²) in [7, 11) is 0. The van der Waals surface area contributed by atoms with Crippen LogP contribution in [0.4, 0.5) is 0 Å². The molecule has 0 aromatic rings. The maximum atomic E-state index is 11.7. The van der Waals surface area contributed by atoms with Gasteiger partial charge in [-0.15, -0.1) is 0 Å². The van der Waals surface area contributed by atoms with Crippen LogP contribution in [0.15, 0.2) is 0 Å². The molecule has 5 N–H and O–H groups in total. The van der Waals surface area contributed by atoms with Gasteiger partial charge in [-0.05, 0) is 18.8 Å². The zero-order valence-electron chi connectivity index (χ0n) is 11.3. The Morgan fingerprint density at radius 2 is 1.71 bits per heavy atom. The minimum absolute atomic E-state index is 0.0803. The molecule has 0 rings (SSSR count). The fraction of sp³-hybridized carbons (Fsp3) is 0.917. The van der Waals surface area contributed by atoms with Crippen molar-refractivity contribution in [2.24, 2.45) is 11.1 Å². The van der Waals surface area contributed by atoms with Crippen molar-refractivity contribution >= 4 is 5.91 Å². The Hall–Kier alpha value is -0.650. The van der Waals surface area contributed by atoms with Gasteiger partial charge in [0.05, 0.1) is 18.8 Å². The zero-order chi connectivity index (χ0) is 13.7. The second kappa shape index (κ2) is 6.33. The van der Waals surface area contributed by atoms with Gasteiger partial charge in [-0.2, -0.15) is 0 Å². The molecule has 1 amide bonds. The molecule has 0 saturated carbocycles. The van der Waals surface area contributed by atoms with Gasteiger partial charge in [-0.1, -0.05) is 20.8 Å². The Bertz CT molecular complexity index is 245. The molecule has 0 spiro atoms. The fourth-order valence-corrected chi connectivity index (χ4v) is 1.61. The van der Waals surface area contributed by atoms with E-state index in [0.29, 0.717) is 0 Å². The average molecular weight is 246 g/mol. The third-order valence-corrected chi connectivity index (χ3v) is 2.46. The molecule has 0 heterocycles. The molecule has 102 valence electrons. The summed E-state index contributed by atoms with van der Waals surface area (Å²) in [5, 5.41) is 20.7. The molecular weight excluding hydrogens is 220 g/mol. The summed E-state index contributed by atoms with van der Waals surface area (Å²) < 4.78 is 0. The summed E-state index contributed by atoms with van der Waals surface area (Å²) in [5.41, 5.74) is 4.98. The highest BCUT2D eigenvalue weighted by Crippen LogP contribution is 2.21. The summed E-state index contributed by atoms with van der Waals surface area (Å²) in [5.74, 6) is -0.243. The van der Waals surface area contributed by atoms with E-state index in [9.17, 15) is 4.79 Å². The summed E-state index contributed by atoms with van der Waals surface area (Å²) >= 11 is 0. The topological polar surface area (TPSA) is 95.6 Å². The molecule has 0 bridgehead atoms. The average Bonchev–Trinajstić information content (AvgIpc) is 2.14. The Kier molecular flexibility index (Phi) is 6.09. The smallest absolute Gasteiger partial charge is 0.222 e. The van der Waals surface area contributed by atoms with Crippen molar-refractivity contribution in [2.45, 2.75) is 52.1 Å². The molecular formula is C12H26N2O3. The van der Waals surface area contributed by atoms with Crippen molar-refractivity contribution in [3.05, 3.63) is 0 Å². The van der Waals surface area contributed by atoms with Crippen molar-refractivity contribution in [2.75, 3.05) is 13.2 Å². The molecule has 0 aliphatic rings. The van der Waals surface area contributed by atoms with Crippen LogP contribution >= 0.6 is 0 Å². The molecule has 17 heavy (non-hydrogen) atoms. The molecule has 0 aromatic carbocycles. The second-order valence-corrected chi connectivity index (χ2v) is 6.15. The lowest BCUT2D eigenvalue weighted by Gasteiger charge is -2.28. The number of nitrogens with one attached hydrogen (secondary N) is 1. The van der Waals surface area contributed by atoms with E-state index < -0.39 is 5.54 Å². The Morgan fingerprint density at radius 1 is 1.24 bits per heavy atom. The Labute approximate surface area is 103 Å². The standard InChI is InChI=1S/C12H26N2O3/c1-11(2,3)6-9(13)5-10(17)14-12(4,7-15)8-16/h9,15-16H,5-8,13H2,1-4H3,(H,14,17). The van der Waals surface area contributed by atoms with E-state index in [1.807, 2.05) is 0 Å². The Balaban J connectivity index is 4.18. The number of aliphatic hydroxyl groups excluding tert-OH is 2. The van der Waals surface area contributed by atoms with Gasteiger partial charge >= 0.3 is 0 Å². The molecule has 5 heteroatoms. The number of amides is 1. The number of hydrogen-bond acceptors (Lipinski definition) is 4. The van der Waals surface area contributed by atoms with Crippen LogP contribution in [0, 0.1) is 5.41 Å². The SMILES string of the molecule is CC(C)(C)CC(N)CC(=O)NC(C)(CO)CO. The van der Waals surface area contributed by atoms with Crippen LogP contribution in [0.5, 0.6) is 0 Å². The second-order valence-electron chi connectivity index (χ2n) is 6.15. The number of hydrogen-bond donors (Lipinski definition) is 4. The van der Waals surface area contributed by atoms with Crippen LogP contribution in [0.2, 0.25) is 0 Å². The van der Waals surface area contributed by atoms with E-state index in [0.717, 1.165) is 6.42 Å². The predicted molar refractivity (Wildman–Crippen MR) is 67.4 cm³/mol. The predicted octanol–water partition coefficient (Wildman–Crippen LogP) is -0.000500. The van der Waals surface area contributed by atoms with E-state index in [-0.39, 0.29) is 37.0 Å². The normalized spacial score (nSPS) is 14.5. The molecule has 5 nitrogen and oxygen atoms in total. The fourth-order valence-electron chi connectivity index (χ4n) is 1.61. The lowest BCUT2D eigenvalue weighted by atomic mass is 9.87. The van der Waals surface area contributed by atoms with Crippen molar-refractivity contribution in [1.29, 1.82) is 0 Å². The molecule has 0 radical (unpaired) electrons. The highest BCUT2D eigenvalue weighted by molar-refractivity contribution is 5.77. The van der Waals surface area contributed by atoms with E-state index >= 15 is 0 Å². The van der Waals surface area contributed by atoms with Gasteiger partial charge in [0.25, 0.3) is 0 Å². The molecule has 1 atom stereocenters. The number of carbonyl (C=O) groups is 1. The first-order valence-corrected chi connectivity index (χ1v) is 5.90. The largest absolute Gasteiger partial charge is 0.394 e. The van der Waals surface area contributed by atoms with E-state index in [4.69, 9.17) is 15.9 Å². The van der Waals surface area contributed by atoms with Gasteiger partial charge in [0.1, 0.15) is 0 Å². The van der Waals surface area contributed by atoms with Crippen molar-refractivity contribution in [3.63, 3.8) is 0 Å². The summed E-state index contributed by atoms with van der Waals surface area (Å²) in [6.45, 7) is 7.18. The minimum Gasteiger partial charge on any atom is -0.394 e. The quantitative estimate of drug-likeness (QED) is 0.530. The lowest BCUT2D eigenvalue weighted by molar-refractivity contribution is -0.124. The molecule has 0 aromatic heterocycles. The van der Waals surface area contributed by atoms with Gasteiger partial charge in [0, 0.05) is 12.5 Å². The van der Waals surface area contributed by atoms with Crippen LogP contribution < -0.4 is 11.1 Å². The van der Waals surface area contributed by atoms with Gasteiger partial charge in [-0.3, -0.25) is 4.79 Å². The maximum absolute atomic E-state index is 11.7. The van der Waals surface area contributed by atoms with E-state index in [1.54, 1.807) is 6.92 Å². The van der Waals surface area contributed by atoms with E-state index in [2.05, 4.69) is 26.1 Å². The zero-order valence-corrected chi connectivity index (χ0v) is 11.3. The lowest BCUT2D eigenvalue weighted by Crippen LogP contribution is -2.52. The summed E-state index contributed by atoms with van der Waals surface area (Å²) in [6.07, 6.45) is 0.947. The first-order chi connectivity index (χ1) is 7.62. The Morgan fingerprint density at radius 3 is 2.06 bits per heavy atom. The van der Waals surface area contributed by atoms with Crippen molar-refractivity contribution in [1.82, 2.24) is 5.32 Å². The van der Waals surface area contributed by atoms with Gasteiger partial charge in [-0.25, -0.2) is 0 Å². The number of nitrogens with two attached hydrogens (primary N) is 1. The third kappa shape index (κ3) is 7.31. The van der Waals surface area contributed by atoms with Gasteiger partial charge in [0.15, 0.2) is 0 Å². The summed E-state index contributed by atoms with van der Waals surface area (Å²) in [6, 6.07) is -0.211. The van der Waals surface area contributed by atoms with E-state index in [1.165, 1.54) is 0 Å². The summed E-state index contributed by atoms with van der Waals surface area (Å²) in [4.78, 5) is 11.7. The molecule has 0 aliphatic heterocycles. The highest BCUT2D eigenvalue weighted by Gasteiger charge is 2.26. The monoisotopic (exact) mass is 246 g/mol. The van der Waals surface area contributed by atoms with Crippen LogP contribution in [0.3, 0.4) is 0 Å².